The van der Waals surface area contributed by atoms with Gasteiger partial charge in [-0.25, -0.2) is 4.98 Å². The highest BCUT2D eigenvalue weighted by molar-refractivity contribution is 6.29. The largest absolute Gasteiger partial charge is 0.434 e. The number of alkyl halides is 3. The lowest BCUT2D eigenvalue weighted by Gasteiger charge is -2.23. The highest BCUT2D eigenvalue weighted by atomic mass is 35.5. The quantitative estimate of drug-likeness (QED) is 0.753. The lowest BCUT2D eigenvalue weighted by atomic mass is 10.1. The number of nitrogens with one attached hydrogen (secondary N) is 1. The first-order chi connectivity index (χ1) is 12.2. The summed E-state index contributed by atoms with van der Waals surface area (Å²) in [5, 5.41) is 2.20. The molecule has 4 nitrogen and oxygen atoms in total. The van der Waals surface area contributed by atoms with E-state index in [4.69, 9.17) is 11.6 Å². The molecule has 0 aliphatic rings. The van der Waals surface area contributed by atoms with Crippen LogP contribution in [0, 0.1) is 6.92 Å². The summed E-state index contributed by atoms with van der Waals surface area (Å²) >= 11 is 5.52. The van der Waals surface area contributed by atoms with Crippen molar-refractivity contribution in [2.75, 3.05) is 24.5 Å². The van der Waals surface area contributed by atoms with Crippen molar-refractivity contribution in [2.24, 2.45) is 0 Å². The Hall–Kier alpha value is -2.28. The third kappa shape index (κ3) is 5.11. The molecule has 1 aromatic heterocycles. The molecular weight excluding hydrogens is 367 g/mol. The Morgan fingerprint density at radius 2 is 2.00 bits per heavy atom. The van der Waals surface area contributed by atoms with E-state index in [0.717, 1.165) is 23.4 Å². The Balaban J connectivity index is 2.05. The number of nitrogens with zero attached hydrogens (tertiary/aromatic N) is 2. The number of anilines is 1. The monoisotopic (exact) mass is 385 g/mol. The summed E-state index contributed by atoms with van der Waals surface area (Å²) in [6.07, 6.45) is -4.76. The Kier molecular flexibility index (Phi) is 6.47. The molecule has 0 spiro atoms. The van der Waals surface area contributed by atoms with Gasteiger partial charge in [0.25, 0.3) is 5.91 Å². The van der Waals surface area contributed by atoms with E-state index in [1.807, 2.05) is 43.0 Å². The molecular formula is C18H19ClF3N3O. The molecule has 0 atom stereocenters. The van der Waals surface area contributed by atoms with Crippen molar-refractivity contribution in [2.45, 2.75) is 20.0 Å². The summed E-state index contributed by atoms with van der Waals surface area (Å²) in [5.74, 6) is -0.832. The second-order valence-electron chi connectivity index (χ2n) is 5.70. The first-order valence-corrected chi connectivity index (χ1v) is 8.43. The van der Waals surface area contributed by atoms with Crippen molar-refractivity contribution in [3.8, 4) is 0 Å². The average Bonchev–Trinajstić information content (AvgIpc) is 2.57. The van der Waals surface area contributed by atoms with Gasteiger partial charge in [-0.3, -0.25) is 4.79 Å². The summed E-state index contributed by atoms with van der Waals surface area (Å²) < 4.78 is 39.1. The molecule has 2 rings (SSSR count). The zero-order valence-corrected chi connectivity index (χ0v) is 15.2. The number of carbonyl (C=O) groups is 1. The second-order valence-corrected chi connectivity index (χ2v) is 6.09. The van der Waals surface area contributed by atoms with Gasteiger partial charge in [-0.2, -0.15) is 13.2 Å². The van der Waals surface area contributed by atoms with Gasteiger partial charge in [-0.05, 0) is 43.7 Å². The number of likely N-dealkylation sites (N-methyl/N-ethyl adjacent to an activating group) is 1. The molecule has 0 fully saturated rings. The van der Waals surface area contributed by atoms with Crippen molar-refractivity contribution in [3.63, 3.8) is 0 Å². The molecule has 0 bridgehead atoms. The van der Waals surface area contributed by atoms with Crippen LogP contribution in [-0.2, 0) is 6.18 Å². The minimum atomic E-state index is -4.76. The van der Waals surface area contributed by atoms with Crippen molar-refractivity contribution in [3.05, 3.63) is 58.4 Å². The minimum absolute atomic E-state index is 0.195. The average molecular weight is 386 g/mol. The van der Waals surface area contributed by atoms with Crippen LogP contribution in [0.1, 0.15) is 28.5 Å². The van der Waals surface area contributed by atoms with E-state index >= 15 is 0 Å². The van der Waals surface area contributed by atoms with E-state index in [1.54, 1.807) is 0 Å². The molecule has 1 heterocycles. The number of aromatic nitrogens is 1. The summed E-state index contributed by atoms with van der Waals surface area (Å²) in [5.41, 5.74) is 0.270. The van der Waals surface area contributed by atoms with Crippen LogP contribution in [0.15, 0.2) is 36.4 Å². The van der Waals surface area contributed by atoms with Crippen molar-refractivity contribution in [1.82, 2.24) is 10.3 Å². The highest BCUT2D eigenvalue weighted by Gasteiger charge is 2.37. The van der Waals surface area contributed by atoms with E-state index < -0.39 is 23.3 Å². The van der Waals surface area contributed by atoms with Gasteiger partial charge in [-0.1, -0.05) is 23.7 Å². The van der Waals surface area contributed by atoms with Gasteiger partial charge in [0, 0.05) is 25.3 Å². The molecule has 0 saturated heterocycles. The maximum Gasteiger partial charge on any atom is 0.434 e. The number of aryl methyl sites for hydroxylation is 1. The molecule has 0 radical (unpaired) electrons. The first-order valence-electron chi connectivity index (χ1n) is 8.06. The number of hydrogen-bond donors (Lipinski definition) is 1. The molecule has 0 saturated carbocycles. The van der Waals surface area contributed by atoms with E-state index in [9.17, 15) is 18.0 Å². The smallest absolute Gasteiger partial charge is 0.370 e. The fraction of sp³-hybridized carbons (Fsp3) is 0.333. The van der Waals surface area contributed by atoms with Crippen LogP contribution in [0.5, 0.6) is 0 Å². The van der Waals surface area contributed by atoms with E-state index in [2.05, 4.69) is 10.3 Å². The lowest BCUT2D eigenvalue weighted by Crippen LogP contribution is -2.35. The van der Waals surface area contributed by atoms with Crippen LogP contribution >= 0.6 is 11.6 Å². The van der Waals surface area contributed by atoms with Gasteiger partial charge in [-0.15, -0.1) is 0 Å². The van der Waals surface area contributed by atoms with E-state index in [-0.39, 0.29) is 11.7 Å². The topological polar surface area (TPSA) is 45.2 Å². The Morgan fingerprint density at radius 1 is 1.27 bits per heavy atom. The molecule has 2 aromatic rings. The standard InChI is InChI=1S/C18H19ClF3N3O/c1-3-25(13-6-4-5-12(2)11-13)10-9-23-17(26)14-7-8-15(19)24-16(14)18(20,21)22/h4-8,11H,3,9-10H2,1-2H3,(H,23,26). The third-order valence-electron chi connectivity index (χ3n) is 3.79. The van der Waals surface area contributed by atoms with Crippen molar-refractivity contribution < 1.29 is 18.0 Å². The maximum atomic E-state index is 13.0. The third-order valence-corrected chi connectivity index (χ3v) is 4.00. The first kappa shape index (κ1) is 20.0. The SMILES string of the molecule is CCN(CCNC(=O)c1ccc(Cl)nc1C(F)(F)F)c1cccc(C)c1. The molecule has 0 aliphatic carbocycles. The van der Waals surface area contributed by atoms with Gasteiger partial charge in [0.05, 0.1) is 5.56 Å². The minimum Gasteiger partial charge on any atom is -0.370 e. The number of hydrogen-bond acceptors (Lipinski definition) is 3. The fourth-order valence-electron chi connectivity index (χ4n) is 2.53. The lowest BCUT2D eigenvalue weighted by molar-refractivity contribution is -0.141. The molecule has 0 unspecified atom stereocenters. The number of benzene rings is 1. The zero-order valence-electron chi connectivity index (χ0n) is 14.4. The molecule has 0 aliphatic heterocycles. The van der Waals surface area contributed by atoms with Crippen LogP contribution in [0.25, 0.3) is 0 Å². The number of carbonyl (C=O) groups excluding carboxylic acids is 1. The zero-order chi connectivity index (χ0) is 19.3. The van der Waals surface area contributed by atoms with E-state index in [0.29, 0.717) is 13.1 Å². The van der Waals surface area contributed by atoms with Gasteiger partial charge < -0.3 is 10.2 Å². The molecule has 140 valence electrons. The highest BCUT2D eigenvalue weighted by Crippen LogP contribution is 2.31. The molecule has 26 heavy (non-hydrogen) atoms. The van der Waals surface area contributed by atoms with Crippen LogP contribution in [-0.4, -0.2) is 30.5 Å². The maximum absolute atomic E-state index is 13.0. The number of rotatable bonds is 6. The molecule has 1 aromatic carbocycles. The van der Waals surface area contributed by atoms with Crippen LogP contribution < -0.4 is 10.2 Å². The summed E-state index contributed by atoms with van der Waals surface area (Å²) in [7, 11) is 0. The van der Waals surface area contributed by atoms with Crippen molar-refractivity contribution in [1.29, 1.82) is 0 Å². The summed E-state index contributed by atoms with van der Waals surface area (Å²) in [6.45, 7) is 5.31. The normalized spacial score (nSPS) is 11.3. The Labute approximate surface area is 155 Å². The number of halogens is 4. The van der Waals surface area contributed by atoms with Gasteiger partial charge >= 0.3 is 6.18 Å². The fourth-order valence-corrected chi connectivity index (χ4v) is 2.68. The van der Waals surface area contributed by atoms with Gasteiger partial charge in [0.15, 0.2) is 5.69 Å². The van der Waals surface area contributed by atoms with Crippen molar-refractivity contribution >= 4 is 23.2 Å². The van der Waals surface area contributed by atoms with E-state index in [1.165, 1.54) is 0 Å². The number of amides is 1. The molecule has 1 amide bonds. The van der Waals surface area contributed by atoms with Crippen LogP contribution in [0.4, 0.5) is 18.9 Å². The Morgan fingerprint density at radius 3 is 2.62 bits per heavy atom. The van der Waals surface area contributed by atoms with Crippen LogP contribution in [0.3, 0.4) is 0 Å². The predicted molar refractivity (Wildman–Crippen MR) is 95.6 cm³/mol. The second kappa shape index (κ2) is 8.40. The predicted octanol–water partition coefficient (Wildman–Crippen LogP) is 4.32. The molecule has 1 N–H and O–H groups in total. The Bertz CT molecular complexity index is 781. The summed E-state index contributed by atoms with van der Waals surface area (Å²) in [6, 6.07) is 10.1. The molecule has 8 heteroatoms. The van der Waals surface area contributed by atoms with Crippen LogP contribution in [0.2, 0.25) is 5.15 Å². The summed E-state index contributed by atoms with van der Waals surface area (Å²) in [4.78, 5) is 17.4. The van der Waals surface area contributed by atoms with Gasteiger partial charge in [0.1, 0.15) is 5.15 Å². The number of pyridine rings is 1. The van der Waals surface area contributed by atoms with Gasteiger partial charge in [0.2, 0.25) is 0 Å².